The first-order valence-corrected chi connectivity index (χ1v) is 13.0. The van der Waals surface area contributed by atoms with Crippen LogP contribution >= 0.6 is 0 Å². The van der Waals surface area contributed by atoms with Gasteiger partial charge in [-0.2, -0.15) is 0 Å². The van der Waals surface area contributed by atoms with Gasteiger partial charge >= 0.3 is 11.9 Å². The lowest BCUT2D eigenvalue weighted by molar-refractivity contribution is -0.138. The molecule has 0 bridgehead atoms. The fourth-order valence-electron chi connectivity index (χ4n) is 3.81. The molecule has 0 spiro atoms. The van der Waals surface area contributed by atoms with Crippen LogP contribution in [0.4, 0.5) is 0 Å². The van der Waals surface area contributed by atoms with Crippen molar-refractivity contribution in [2.75, 3.05) is 0 Å². The molecule has 0 saturated heterocycles. The predicted octanol–water partition coefficient (Wildman–Crippen LogP) is 8.33. The average molecular weight is 447 g/mol. The molecule has 182 valence electrons. The van der Waals surface area contributed by atoms with Gasteiger partial charge in [-0.25, -0.2) is 0 Å². The molecule has 4 nitrogen and oxygen atoms in total. The summed E-state index contributed by atoms with van der Waals surface area (Å²) in [7, 11) is 0. The van der Waals surface area contributed by atoms with Crippen LogP contribution in [0.15, 0.2) is 18.2 Å². The lowest BCUT2D eigenvalue weighted by atomic mass is 10.0. The van der Waals surface area contributed by atoms with Gasteiger partial charge < -0.3 is 9.47 Å². The Morgan fingerprint density at radius 1 is 0.719 bits per heavy atom. The van der Waals surface area contributed by atoms with Gasteiger partial charge in [-0.1, -0.05) is 97.8 Å². The van der Waals surface area contributed by atoms with Gasteiger partial charge in [0, 0.05) is 12.5 Å². The van der Waals surface area contributed by atoms with E-state index >= 15 is 0 Å². The Bertz CT molecular complexity index is 653. The van der Waals surface area contributed by atoms with E-state index in [2.05, 4.69) is 13.8 Å². The predicted molar refractivity (Wildman–Crippen MR) is 132 cm³/mol. The van der Waals surface area contributed by atoms with E-state index in [1.54, 1.807) is 12.1 Å². The van der Waals surface area contributed by atoms with E-state index in [1.165, 1.54) is 64.2 Å². The van der Waals surface area contributed by atoms with E-state index < -0.39 is 0 Å². The Morgan fingerprint density at radius 3 is 1.81 bits per heavy atom. The number of rotatable bonds is 18. The molecule has 1 rings (SSSR count). The first-order chi connectivity index (χ1) is 15.5. The summed E-state index contributed by atoms with van der Waals surface area (Å²) in [6, 6.07) is 5.26. The van der Waals surface area contributed by atoms with E-state index in [1.807, 2.05) is 19.9 Å². The quantitative estimate of drug-likeness (QED) is 0.129. The van der Waals surface area contributed by atoms with Crippen LogP contribution in [0.1, 0.15) is 123 Å². The van der Waals surface area contributed by atoms with E-state index in [0.29, 0.717) is 17.9 Å². The highest BCUT2D eigenvalue weighted by Crippen LogP contribution is 2.25. The first kappa shape index (κ1) is 28.2. The van der Waals surface area contributed by atoms with Gasteiger partial charge in [-0.15, -0.1) is 0 Å². The van der Waals surface area contributed by atoms with Crippen LogP contribution in [-0.4, -0.2) is 11.9 Å². The monoisotopic (exact) mass is 446 g/mol. The van der Waals surface area contributed by atoms with Gasteiger partial charge in [-0.3, -0.25) is 9.59 Å². The molecular formula is C28H46O4. The highest BCUT2D eigenvalue weighted by Gasteiger charge is 2.16. The summed E-state index contributed by atoms with van der Waals surface area (Å²) in [5.41, 5.74) is 0.901. The van der Waals surface area contributed by atoms with Gasteiger partial charge in [-0.05, 0) is 37.5 Å². The summed E-state index contributed by atoms with van der Waals surface area (Å²) >= 11 is 0. The Kier molecular flexibility index (Phi) is 15.6. The summed E-state index contributed by atoms with van der Waals surface area (Å²) in [6.07, 6.45) is 16.7. The van der Waals surface area contributed by atoms with Crippen molar-refractivity contribution in [1.82, 2.24) is 0 Å². The summed E-state index contributed by atoms with van der Waals surface area (Å²) in [5, 5.41) is 0. The van der Waals surface area contributed by atoms with Crippen molar-refractivity contribution < 1.29 is 19.1 Å². The second-order valence-corrected chi connectivity index (χ2v) is 9.21. The third kappa shape index (κ3) is 13.5. The zero-order chi connectivity index (χ0) is 23.6. The van der Waals surface area contributed by atoms with Crippen molar-refractivity contribution >= 4 is 11.9 Å². The molecule has 0 heterocycles. The third-order valence-corrected chi connectivity index (χ3v) is 5.85. The van der Waals surface area contributed by atoms with Crippen molar-refractivity contribution in [3.8, 4) is 11.5 Å². The normalized spacial score (nSPS) is 11.9. The molecular weight excluding hydrogens is 400 g/mol. The molecule has 1 unspecified atom stereocenters. The molecule has 32 heavy (non-hydrogen) atoms. The fourth-order valence-corrected chi connectivity index (χ4v) is 3.81. The number of esters is 2. The molecule has 1 atom stereocenters. The van der Waals surface area contributed by atoms with Gasteiger partial charge in [0.25, 0.3) is 0 Å². The molecule has 0 aliphatic carbocycles. The number of carbonyl (C=O) groups is 2. The van der Waals surface area contributed by atoms with Crippen LogP contribution in [0.3, 0.4) is 0 Å². The molecule has 0 aliphatic heterocycles. The molecule has 0 radical (unpaired) electrons. The minimum Gasteiger partial charge on any atom is -0.426 e. The summed E-state index contributed by atoms with van der Waals surface area (Å²) in [4.78, 5) is 24.6. The van der Waals surface area contributed by atoms with Gasteiger partial charge in [0.1, 0.15) is 11.5 Å². The van der Waals surface area contributed by atoms with Crippen LogP contribution in [0, 0.1) is 12.8 Å². The summed E-state index contributed by atoms with van der Waals surface area (Å²) in [6.45, 7) is 8.26. The van der Waals surface area contributed by atoms with E-state index in [9.17, 15) is 9.59 Å². The number of unbranched alkanes of at least 4 members (excludes halogenated alkanes) is 11. The highest BCUT2D eigenvalue weighted by atomic mass is 16.5. The second-order valence-electron chi connectivity index (χ2n) is 9.21. The van der Waals surface area contributed by atoms with Crippen LogP contribution in [0.2, 0.25) is 0 Å². The standard InChI is InChI=1S/C28H46O4/c1-5-7-9-11-13-15-17-19-27(29)31-25-20-23(3)21-26(22-25)32-28(30)24(4)18-16-14-12-10-8-6-2/h20-22,24H,5-19H2,1-4H3. The molecule has 4 heteroatoms. The Morgan fingerprint density at radius 2 is 1.22 bits per heavy atom. The molecule has 1 aromatic carbocycles. The van der Waals surface area contributed by atoms with Gasteiger partial charge in [0.05, 0.1) is 5.92 Å². The number of aryl methyl sites for hydroxylation is 1. The smallest absolute Gasteiger partial charge is 0.314 e. The minimum atomic E-state index is -0.224. The minimum absolute atomic E-state index is 0.134. The molecule has 0 aliphatic rings. The third-order valence-electron chi connectivity index (χ3n) is 5.85. The second kappa shape index (κ2) is 17.7. The Labute approximate surface area is 196 Å². The fraction of sp³-hybridized carbons (Fsp3) is 0.714. The summed E-state index contributed by atoms with van der Waals surface area (Å²) in [5.74, 6) is 0.320. The number of carbonyl (C=O) groups excluding carboxylic acids is 2. The SMILES string of the molecule is CCCCCCCCCC(=O)Oc1cc(C)cc(OC(=O)C(C)CCCCCCCC)c1. The van der Waals surface area contributed by atoms with Crippen LogP contribution in [0.5, 0.6) is 11.5 Å². The van der Waals surface area contributed by atoms with Crippen molar-refractivity contribution in [1.29, 1.82) is 0 Å². The Balaban J connectivity index is 2.38. The van der Waals surface area contributed by atoms with Crippen molar-refractivity contribution in [2.24, 2.45) is 5.92 Å². The van der Waals surface area contributed by atoms with Crippen LogP contribution in [-0.2, 0) is 9.59 Å². The lowest BCUT2D eigenvalue weighted by Gasteiger charge is -2.13. The molecule has 0 amide bonds. The summed E-state index contributed by atoms with van der Waals surface area (Å²) < 4.78 is 11.1. The zero-order valence-electron chi connectivity index (χ0n) is 21.0. The maximum Gasteiger partial charge on any atom is 0.314 e. The first-order valence-electron chi connectivity index (χ1n) is 13.0. The molecule has 1 aromatic rings. The largest absolute Gasteiger partial charge is 0.426 e. The van der Waals surface area contributed by atoms with Crippen molar-refractivity contribution in [3.63, 3.8) is 0 Å². The van der Waals surface area contributed by atoms with Gasteiger partial charge in [0.15, 0.2) is 0 Å². The molecule has 0 aromatic heterocycles. The van der Waals surface area contributed by atoms with Crippen molar-refractivity contribution in [2.45, 2.75) is 124 Å². The van der Waals surface area contributed by atoms with Crippen LogP contribution in [0.25, 0.3) is 0 Å². The number of hydrogen-bond acceptors (Lipinski definition) is 4. The topological polar surface area (TPSA) is 52.6 Å². The van der Waals surface area contributed by atoms with Crippen LogP contribution < -0.4 is 9.47 Å². The maximum absolute atomic E-state index is 12.5. The maximum atomic E-state index is 12.5. The lowest BCUT2D eigenvalue weighted by Crippen LogP contribution is -2.18. The molecule has 0 fully saturated rings. The number of ether oxygens (including phenoxy) is 2. The van der Waals surface area contributed by atoms with E-state index in [4.69, 9.17) is 9.47 Å². The van der Waals surface area contributed by atoms with Crippen molar-refractivity contribution in [3.05, 3.63) is 23.8 Å². The van der Waals surface area contributed by atoms with E-state index in [-0.39, 0.29) is 17.9 Å². The number of hydrogen-bond donors (Lipinski definition) is 0. The van der Waals surface area contributed by atoms with Gasteiger partial charge in [0.2, 0.25) is 0 Å². The van der Waals surface area contributed by atoms with E-state index in [0.717, 1.165) is 31.2 Å². The molecule has 0 N–H and O–H groups in total. The Hall–Kier alpha value is -1.84. The number of benzene rings is 1. The molecule has 0 saturated carbocycles. The average Bonchev–Trinajstić information content (AvgIpc) is 2.74. The zero-order valence-corrected chi connectivity index (χ0v) is 21.0. The highest BCUT2D eigenvalue weighted by molar-refractivity contribution is 5.75.